The predicted octanol–water partition coefficient (Wildman–Crippen LogP) is 5.14. The van der Waals surface area contributed by atoms with Crippen molar-refractivity contribution in [2.45, 2.75) is 13.3 Å². The molecular weight excluding hydrogens is 386 g/mol. The number of thiazole rings is 1. The van der Waals surface area contributed by atoms with E-state index in [0.717, 1.165) is 32.2 Å². The monoisotopic (exact) mass is 401 g/mol. The summed E-state index contributed by atoms with van der Waals surface area (Å²) in [6.07, 6.45) is 0.252. The maximum atomic E-state index is 12.2. The van der Waals surface area contributed by atoms with Crippen LogP contribution in [0.2, 0.25) is 0 Å². The number of halogens is 1. The number of nitrogens with one attached hydrogen (secondary N) is 2. The first-order valence-corrected chi connectivity index (χ1v) is 9.10. The first kappa shape index (κ1) is 16.7. The average molecular weight is 402 g/mol. The average Bonchev–Trinajstić information content (AvgIpc) is 2.98. The minimum Gasteiger partial charge on any atom is -0.332 e. The summed E-state index contributed by atoms with van der Waals surface area (Å²) in [5.74, 6) is -0.0722. The number of amides is 1. The number of anilines is 3. The highest BCUT2D eigenvalue weighted by Gasteiger charge is 2.09. The molecule has 2 N–H and O–H groups in total. The number of nitrogens with zero attached hydrogens (tertiary/aromatic N) is 1. The van der Waals surface area contributed by atoms with E-state index in [1.54, 1.807) is 0 Å². The van der Waals surface area contributed by atoms with Crippen molar-refractivity contribution in [1.82, 2.24) is 4.98 Å². The Bertz CT molecular complexity index is 848. The molecule has 4 nitrogen and oxygen atoms in total. The van der Waals surface area contributed by atoms with E-state index in [1.165, 1.54) is 11.3 Å². The van der Waals surface area contributed by atoms with Gasteiger partial charge in [0.05, 0.1) is 12.1 Å². The van der Waals surface area contributed by atoms with E-state index in [4.69, 9.17) is 0 Å². The molecule has 0 atom stereocenters. The fraction of sp³-hybridized carbons (Fsp3) is 0.111. The van der Waals surface area contributed by atoms with Gasteiger partial charge in [0.25, 0.3) is 0 Å². The number of hydrogen-bond acceptors (Lipinski definition) is 4. The number of benzene rings is 2. The van der Waals surface area contributed by atoms with Gasteiger partial charge in [0.2, 0.25) is 5.91 Å². The SMILES string of the molecule is Cc1cc(Br)ccc1NC(=O)Cc1csc(Nc2ccccc2)n1. The molecule has 0 aliphatic carbocycles. The minimum atomic E-state index is -0.0722. The second kappa shape index (κ2) is 7.59. The van der Waals surface area contributed by atoms with Crippen molar-refractivity contribution in [3.05, 3.63) is 69.6 Å². The number of aryl methyl sites for hydroxylation is 1. The van der Waals surface area contributed by atoms with Gasteiger partial charge in [0.1, 0.15) is 0 Å². The molecule has 1 aromatic heterocycles. The lowest BCUT2D eigenvalue weighted by molar-refractivity contribution is -0.115. The Morgan fingerprint density at radius 2 is 2.00 bits per heavy atom. The highest BCUT2D eigenvalue weighted by Crippen LogP contribution is 2.22. The molecule has 0 bridgehead atoms. The van der Waals surface area contributed by atoms with Crippen molar-refractivity contribution in [3.8, 4) is 0 Å². The summed E-state index contributed by atoms with van der Waals surface area (Å²) < 4.78 is 0.995. The Hall–Kier alpha value is -2.18. The lowest BCUT2D eigenvalue weighted by Gasteiger charge is -2.08. The van der Waals surface area contributed by atoms with Crippen LogP contribution in [0.3, 0.4) is 0 Å². The molecule has 0 saturated heterocycles. The fourth-order valence-corrected chi connectivity index (χ4v) is 3.42. The second-order valence-corrected chi connectivity index (χ2v) is 7.09. The van der Waals surface area contributed by atoms with Crippen LogP contribution >= 0.6 is 27.3 Å². The largest absolute Gasteiger partial charge is 0.332 e. The Morgan fingerprint density at radius 3 is 2.75 bits per heavy atom. The Balaban J connectivity index is 1.61. The molecule has 1 amide bonds. The molecule has 3 rings (SSSR count). The second-order valence-electron chi connectivity index (χ2n) is 5.32. The maximum Gasteiger partial charge on any atom is 0.230 e. The summed E-state index contributed by atoms with van der Waals surface area (Å²) >= 11 is 4.91. The highest BCUT2D eigenvalue weighted by atomic mass is 79.9. The van der Waals surface area contributed by atoms with Crippen molar-refractivity contribution in [3.63, 3.8) is 0 Å². The molecule has 0 saturated carbocycles. The van der Waals surface area contributed by atoms with Gasteiger partial charge >= 0.3 is 0 Å². The fourth-order valence-electron chi connectivity index (χ4n) is 2.22. The Morgan fingerprint density at radius 1 is 1.21 bits per heavy atom. The van der Waals surface area contributed by atoms with Gasteiger partial charge in [-0.2, -0.15) is 0 Å². The first-order valence-electron chi connectivity index (χ1n) is 7.42. The van der Waals surface area contributed by atoms with E-state index < -0.39 is 0 Å². The number of carbonyl (C=O) groups excluding carboxylic acids is 1. The van der Waals surface area contributed by atoms with E-state index in [0.29, 0.717) is 0 Å². The van der Waals surface area contributed by atoms with Crippen molar-refractivity contribution in [1.29, 1.82) is 0 Å². The van der Waals surface area contributed by atoms with Crippen LogP contribution in [0, 0.1) is 6.92 Å². The van der Waals surface area contributed by atoms with Gasteiger partial charge in [0.15, 0.2) is 5.13 Å². The van der Waals surface area contributed by atoms with Crippen molar-refractivity contribution in [2.75, 3.05) is 10.6 Å². The zero-order valence-electron chi connectivity index (χ0n) is 13.0. The quantitative estimate of drug-likeness (QED) is 0.622. The Labute approximate surface area is 153 Å². The standard InChI is InChI=1S/C18H16BrN3OS/c1-12-9-13(19)7-8-16(12)22-17(23)10-15-11-24-18(21-15)20-14-5-3-2-4-6-14/h2-9,11H,10H2,1H3,(H,20,21)(H,22,23). The molecule has 2 aromatic carbocycles. The molecule has 24 heavy (non-hydrogen) atoms. The number of para-hydroxylation sites is 1. The molecule has 122 valence electrons. The third kappa shape index (κ3) is 4.43. The third-order valence-electron chi connectivity index (χ3n) is 3.38. The van der Waals surface area contributed by atoms with Crippen LogP contribution in [0.1, 0.15) is 11.3 Å². The number of rotatable bonds is 5. The van der Waals surface area contributed by atoms with Gasteiger partial charge in [-0.05, 0) is 42.8 Å². The summed E-state index contributed by atoms with van der Waals surface area (Å²) in [5.41, 5.74) is 3.57. The van der Waals surface area contributed by atoms with Gasteiger partial charge in [-0.3, -0.25) is 4.79 Å². The summed E-state index contributed by atoms with van der Waals surface area (Å²) in [6, 6.07) is 15.6. The first-order chi connectivity index (χ1) is 11.6. The molecule has 1 heterocycles. The molecule has 0 aliphatic heterocycles. The zero-order valence-corrected chi connectivity index (χ0v) is 15.4. The van der Waals surface area contributed by atoms with Gasteiger partial charge in [-0.1, -0.05) is 34.1 Å². The van der Waals surface area contributed by atoms with Gasteiger partial charge in [-0.25, -0.2) is 4.98 Å². The predicted molar refractivity (Wildman–Crippen MR) is 103 cm³/mol. The molecule has 0 radical (unpaired) electrons. The summed E-state index contributed by atoms with van der Waals surface area (Å²) in [6.45, 7) is 1.96. The normalized spacial score (nSPS) is 10.4. The molecule has 6 heteroatoms. The lowest BCUT2D eigenvalue weighted by Crippen LogP contribution is -2.15. The topological polar surface area (TPSA) is 54.0 Å². The van der Waals surface area contributed by atoms with Crippen molar-refractivity contribution >= 4 is 49.7 Å². The molecule has 0 fully saturated rings. The van der Waals surface area contributed by atoms with Crippen LogP contribution in [0.5, 0.6) is 0 Å². The van der Waals surface area contributed by atoms with Crippen LogP contribution < -0.4 is 10.6 Å². The van der Waals surface area contributed by atoms with Crippen LogP contribution in [-0.4, -0.2) is 10.9 Å². The molecule has 0 aliphatic rings. The van der Waals surface area contributed by atoms with E-state index >= 15 is 0 Å². The van der Waals surface area contributed by atoms with Gasteiger partial charge < -0.3 is 10.6 Å². The maximum absolute atomic E-state index is 12.2. The molecule has 0 spiro atoms. The zero-order chi connectivity index (χ0) is 16.9. The molecule has 3 aromatic rings. The summed E-state index contributed by atoms with van der Waals surface area (Å²) in [7, 11) is 0. The lowest BCUT2D eigenvalue weighted by atomic mass is 10.2. The van der Waals surface area contributed by atoms with Gasteiger partial charge in [0, 0.05) is 21.2 Å². The van der Waals surface area contributed by atoms with Crippen LogP contribution in [-0.2, 0) is 11.2 Å². The smallest absolute Gasteiger partial charge is 0.230 e. The summed E-state index contributed by atoms with van der Waals surface area (Å²) in [5, 5.41) is 8.85. The van der Waals surface area contributed by atoms with Crippen LogP contribution in [0.4, 0.5) is 16.5 Å². The third-order valence-corrected chi connectivity index (χ3v) is 4.68. The number of aromatic nitrogens is 1. The molecular formula is C18H16BrN3OS. The van der Waals surface area contributed by atoms with Crippen molar-refractivity contribution in [2.24, 2.45) is 0 Å². The van der Waals surface area contributed by atoms with Crippen molar-refractivity contribution < 1.29 is 4.79 Å². The van der Waals surface area contributed by atoms with Crippen LogP contribution in [0.25, 0.3) is 0 Å². The van der Waals surface area contributed by atoms with Crippen LogP contribution in [0.15, 0.2) is 58.4 Å². The van der Waals surface area contributed by atoms with E-state index in [9.17, 15) is 4.79 Å². The summed E-state index contributed by atoms with van der Waals surface area (Å²) in [4.78, 5) is 16.7. The van der Waals surface area contributed by atoms with E-state index in [1.807, 2.05) is 60.8 Å². The van der Waals surface area contributed by atoms with E-state index in [2.05, 4.69) is 31.5 Å². The van der Waals surface area contributed by atoms with E-state index in [-0.39, 0.29) is 12.3 Å². The number of carbonyl (C=O) groups is 1. The van der Waals surface area contributed by atoms with Gasteiger partial charge in [-0.15, -0.1) is 11.3 Å². The minimum absolute atomic E-state index is 0.0722. The molecule has 0 unspecified atom stereocenters. The number of hydrogen-bond donors (Lipinski definition) is 2. The highest BCUT2D eigenvalue weighted by molar-refractivity contribution is 9.10. The Kier molecular flexibility index (Phi) is 5.27.